The zero-order valence-corrected chi connectivity index (χ0v) is 19.3. The van der Waals surface area contributed by atoms with Crippen molar-refractivity contribution < 1.29 is 18.0 Å². The predicted molar refractivity (Wildman–Crippen MR) is 117 cm³/mol. The molecule has 0 bridgehead atoms. The van der Waals surface area contributed by atoms with E-state index in [4.69, 9.17) is 0 Å². The van der Waals surface area contributed by atoms with E-state index in [-0.39, 0.29) is 41.0 Å². The molecular formula is C21H27N3O4S2. The largest absolute Gasteiger partial charge is 0.302 e. The number of nitrogens with one attached hydrogen (secondary N) is 1. The maximum absolute atomic E-state index is 12.9. The van der Waals surface area contributed by atoms with Crippen LogP contribution >= 0.6 is 11.3 Å². The van der Waals surface area contributed by atoms with Gasteiger partial charge in [-0.1, -0.05) is 32.9 Å². The normalized spacial score (nSPS) is 16.4. The minimum absolute atomic E-state index is 0.0816. The number of sulfonamides is 1. The Kier molecular flexibility index (Phi) is 6.45. The maximum atomic E-state index is 12.9. The van der Waals surface area contributed by atoms with E-state index in [9.17, 15) is 18.0 Å². The molecule has 1 saturated heterocycles. The van der Waals surface area contributed by atoms with E-state index >= 15 is 0 Å². The van der Waals surface area contributed by atoms with Crippen molar-refractivity contribution in [1.29, 1.82) is 0 Å². The Labute approximate surface area is 181 Å². The Morgan fingerprint density at radius 3 is 2.23 bits per heavy atom. The topological polar surface area (TPSA) is 96.4 Å². The summed E-state index contributed by atoms with van der Waals surface area (Å²) in [4.78, 5) is 28.6. The molecule has 1 N–H and O–H groups in total. The summed E-state index contributed by atoms with van der Waals surface area (Å²) >= 11 is 1.40. The molecule has 0 saturated carbocycles. The second-order valence-electron chi connectivity index (χ2n) is 8.54. The van der Waals surface area contributed by atoms with Gasteiger partial charge in [0, 0.05) is 35.4 Å². The highest BCUT2D eigenvalue weighted by Crippen LogP contribution is 2.28. The lowest BCUT2D eigenvalue weighted by atomic mass is 9.93. The van der Waals surface area contributed by atoms with Crippen LogP contribution in [0.25, 0.3) is 0 Å². The van der Waals surface area contributed by atoms with Gasteiger partial charge in [-0.15, -0.1) is 11.3 Å². The average molecular weight is 450 g/mol. The van der Waals surface area contributed by atoms with Gasteiger partial charge in [-0.05, 0) is 31.9 Å². The molecule has 0 aliphatic carbocycles. The molecule has 1 aromatic carbocycles. The number of amides is 1. The van der Waals surface area contributed by atoms with Crippen molar-refractivity contribution in [2.24, 2.45) is 5.92 Å². The SMILES string of the molecule is CC(=O)c1ccc(S(=O)(=O)N2CCC(C(=O)Nc3nc(C(C)(C)C)cs3)CC2)cc1. The lowest BCUT2D eigenvalue weighted by molar-refractivity contribution is -0.120. The highest BCUT2D eigenvalue weighted by atomic mass is 32.2. The molecule has 1 amide bonds. The first-order valence-electron chi connectivity index (χ1n) is 9.86. The Morgan fingerprint density at radius 2 is 1.73 bits per heavy atom. The predicted octanol–water partition coefficient (Wildman–Crippen LogP) is 3.68. The van der Waals surface area contributed by atoms with Crippen molar-refractivity contribution in [3.8, 4) is 0 Å². The lowest BCUT2D eigenvalue weighted by Gasteiger charge is -2.30. The number of piperidine rings is 1. The van der Waals surface area contributed by atoms with Gasteiger partial charge in [-0.3, -0.25) is 9.59 Å². The lowest BCUT2D eigenvalue weighted by Crippen LogP contribution is -2.41. The molecule has 0 spiro atoms. The zero-order valence-electron chi connectivity index (χ0n) is 17.6. The zero-order chi connectivity index (χ0) is 22.1. The first-order valence-corrected chi connectivity index (χ1v) is 12.2. The van der Waals surface area contributed by atoms with Crippen LogP contribution in [-0.2, 0) is 20.2 Å². The molecule has 30 heavy (non-hydrogen) atoms. The standard InChI is InChI=1S/C21H27N3O4S2/c1-14(25)15-5-7-17(8-6-15)30(27,28)24-11-9-16(10-12-24)19(26)23-20-22-18(13-29-20)21(2,3)4/h5-8,13,16H,9-12H2,1-4H3,(H,22,23,26). The highest BCUT2D eigenvalue weighted by molar-refractivity contribution is 7.89. The summed E-state index contributed by atoms with van der Waals surface area (Å²) < 4.78 is 27.1. The minimum Gasteiger partial charge on any atom is -0.302 e. The molecule has 162 valence electrons. The number of nitrogens with zero attached hydrogens (tertiary/aromatic N) is 2. The number of anilines is 1. The van der Waals surface area contributed by atoms with Gasteiger partial charge in [0.25, 0.3) is 0 Å². The Balaban J connectivity index is 1.60. The van der Waals surface area contributed by atoms with Crippen molar-refractivity contribution in [2.75, 3.05) is 18.4 Å². The molecule has 0 unspecified atom stereocenters. The van der Waals surface area contributed by atoms with Crippen LogP contribution < -0.4 is 5.32 Å². The number of ketones is 1. The fraction of sp³-hybridized carbons (Fsp3) is 0.476. The number of hydrogen-bond acceptors (Lipinski definition) is 6. The second kappa shape index (κ2) is 8.56. The van der Waals surface area contributed by atoms with Crippen LogP contribution in [-0.4, -0.2) is 42.5 Å². The monoisotopic (exact) mass is 449 g/mol. The maximum Gasteiger partial charge on any atom is 0.243 e. The van der Waals surface area contributed by atoms with Crippen LogP contribution in [0.15, 0.2) is 34.5 Å². The van der Waals surface area contributed by atoms with Crippen molar-refractivity contribution >= 4 is 38.2 Å². The smallest absolute Gasteiger partial charge is 0.243 e. The summed E-state index contributed by atoms with van der Waals surface area (Å²) in [5, 5.41) is 5.40. The highest BCUT2D eigenvalue weighted by Gasteiger charge is 2.32. The third-order valence-corrected chi connectivity index (χ3v) is 7.90. The second-order valence-corrected chi connectivity index (χ2v) is 11.3. The van der Waals surface area contributed by atoms with E-state index in [0.29, 0.717) is 23.5 Å². The summed E-state index contributed by atoms with van der Waals surface area (Å²) in [7, 11) is -3.65. The molecule has 7 nitrogen and oxygen atoms in total. The fourth-order valence-corrected chi connectivity index (χ4v) is 5.66. The molecule has 2 heterocycles. The van der Waals surface area contributed by atoms with Crippen molar-refractivity contribution in [2.45, 2.75) is 50.8 Å². The number of carbonyl (C=O) groups is 2. The van der Waals surface area contributed by atoms with E-state index in [1.165, 1.54) is 46.8 Å². The van der Waals surface area contributed by atoms with E-state index in [0.717, 1.165) is 5.69 Å². The minimum atomic E-state index is -3.65. The first-order chi connectivity index (χ1) is 14.0. The van der Waals surface area contributed by atoms with Crippen molar-refractivity contribution in [3.63, 3.8) is 0 Å². The summed E-state index contributed by atoms with van der Waals surface area (Å²) in [6, 6.07) is 5.96. The molecular weight excluding hydrogens is 422 g/mol. The molecule has 2 aromatic rings. The van der Waals surface area contributed by atoms with Crippen LogP contribution in [0.3, 0.4) is 0 Å². The molecule has 0 radical (unpaired) electrons. The summed E-state index contributed by atoms with van der Waals surface area (Å²) in [5.74, 6) is -0.480. The third-order valence-electron chi connectivity index (χ3n) is 5.23. The number of thiazole rings is 1. The molecule has 1 aliphatic rings. The quantitative estimate of drug-likeness (QED) is 0.703. The van der Waals surface area contributed by atoms with E-state index < -0.39 is 10.0 Å². The van der Waals surface area contributed by atoms with Gasteiger partial charge in [0.1, 0.15) is 0 Å². The fourth-order valence-electron chi connectivity index (χ4n) is 3.25. The van der Waals surface area contributed by atoms with E-state index in [1.807, 2.05) is 5.38 Å². The third kappa shape index (κ3) is 4.96. The van der Waals surface area contributed by atoms with E-state index in [1.54, 1.807) is 0 Å². The Hall–Kier alpha value is -2.10. The van der Waals surface area contributed by atoms with Crippen LogP contribution in [0.1, 0.15) is 56.6 Å². The number of carbonyl (C=O) groups excluding carboxylic acids is 2. The molecule has 1 aromatic heterocycles. The van der Waals surface area contributed by atoms with E-state index in [2.05, 4.69) is 31.1 Å². The molecule has 3 rings (SSSR count). The summed E-state index contributed by atoms with van der Waals surface area (Å²) in [6.45, 7) is 8.20. The molecule has 9 heteroatoms. The summed E-state index contributed by atoms with van der Waals surface area (Å²) in [6.07, 6.45) is 0.905. The van der Waals surface area contributed by atoms with Gasteiger partial charge >= 0.3 is 0 Å². The number of Topliss-reactive ketones (excluding diaryl/α,β-unsaturated/α-hetero) is 1. The number of aromatic nitrogens is 1. The van der Waals surface area contributed by atoms with Gasteiger partial charge in [0.2, 0.25) is 15.9 Å². The van der Waals surface area contributed by atoms with Crippen molar-refractivity contribution in [1.82, 2.24) is 9.29 Å². The molecule has 1 fully saturated rings. The van der Waals surface area contributed by atoms with Crippen LogP contribution in [0.2, 0.25) is 0 Å². The number of hydrogen-bond donors (Lipinski definition) is 1. The van der Waals surface area contributed by atoms with Crippen LogP contribution in [0.4, 0.5) is 5.13 Å². The van der Waals surface area contributed by atoms with Gasteiger partial charge in [-0.25, -0.2) is 13.4 Å². The van der Waals surface area contributed by atoms with Gasteiger partial charge in [-0.2, -0.15) is 4.31 Å². The van der Waals surface area contributed by atoms with Gasteiger partial charge in [0.15, 0.2) is 10.9 Å². The van der Waals surface area contributed by atoms with Crippen LogP contribution in [0, 0.1) is 5.92 Å². The Morgan fingerprint density at radius 1 is 1.13 bits per heavy atom. The Bertz CT molecular complexity index is 1030. The molecule has 1 aliphatic heterocycles. The summed E-state index contributed by atoms with van der Waals surface area (Å²) in [5.41, 5.74) is 1.32. The average Bonchev–Trinajstić information content (AvgIpc) is 3.17. The van der Waals surface area contributed by atoms with Crippen LogP contribution in [0.5, 0.6) is 0 Å². The number of rotatable bonds is 5. The molecule has 0 atom stereocenters. The van der Waals surface area contributed by atoms with Gasteiger partial charge < -0.3 is 5.32 Å². The van der Waals surface area contributed by atoms with Crippen molar-refractivity contribution in [3.05, 3.63) is 40.9 Å². The number of benzene rings is 1. The first kappa shape index (κ1) is 22.6. The van der Waals surface area contributed by atoms with Gasteiger partial charge in [0.05, 0.1) is 10.6 Å².